The van der Waals surface area contributed by atoms with E-state index in [9.17, 15) is 9.18 Å². The van der Waals surface area contributed by atoms with Crippen LogP contribution in [0, 0.1) is 12.7 Å². The zero-order valence-electron chi connectivity index (χ0n) is 11.2. The maximum Gasteiger partial charge on any atom is 0.238 e. The summed E-state index contributed by atoms with van der Waals surface area (Å²) in [5.74, 6) is -0.496. The van der Waals surface area contributed by atoms with E-state index in [2.05, 4.69) is 15.6 Å². The molecule has 0 atom stereocenters. The van der Waals surface area contributed by atoms with Crippen LogP contribution in [0.25, 0.3) is 0 Å². The fourth-order valence-electron chi connectivity index (χ4n) is 1.66. The molecule has 0 aliphatic carbocycles. The maximum atomic E-state index is 12.7. The second-order valence-corrected chi connectivity index (χ2v) is 4.47. The lowest BCUT2D eigenvalue weighted by molar-refractivity contribution is -0.115. The molecule has 0 radical (unpaired) electrons. The standard InChI is InChI=1S/C15H16FN3O/c1-11-2-3-12(9-18-11)8-17-10-15(20)19-14-6-4-13(16)5-7-14/h2-7,9,17H,8,10H2,1H3,(H,19,20). The van der Waals surface area contributed by atoms with Crippen molar-refractivity contribution in [3.05, 3.63) is 59.7 Å². The zero-order valence-corrected chi connectivity index (χ0v) is 11.2. The highest BCUT2D eigenvalue weighted by Gasteiger charge is 2.02. The number of nitrogens with one attached hydrogen (secondary N) is 2. The molecule has 2 rings (SSSR count). The number of aryl methyl sites for hydroxylation is 1. The molecular weight excluding hydrogens is 257 g/mol. The highest BCUT2D eigenvalue weighted by molar-refractivity contribution is 5.92. The van der Waals surface area contributed by atoms with Crippen LogP contribution in [0.2, 0.25) is 0 Å². The lowest BCUT2D eigenvalue weighted by atomic mass is 10.2. The number of hydrogen-bond donors (Lipinski definition) is 2. The number of amides is 1. The lowest BCUT2D eigenvalue weighted by Gasteiger charge is -2.07. The van der Waals surface area contributed by atoms with Gasteiger partial charge in [-0.1, -0.05) is 6.07 Å². The summed E-state index contributed by atoms with van der Waals surface area (Å²) in [6.45, 7) is 2.68. The molecule has 1 amide bonds. The van der Waals surface area contributed by atoms with Crippen molar-refractivity contribution < 1.29 is 9.18 Å². The average Bonchev–Trinajstić information content (AvgIpc) is 2.44. The van der Waals surface area contributed by atoms with Crippen LogP contribution < -0.4 is 10.6 Å². The first kappa shape index (κ1) is 14.1. The number of aromatic nitrogens is 1. The number of benzene rings is 1. The van der Waals surface area contributed by atoms with Crippen LogP contribution in [-0.2, 0) is 11.3 Å². The Morgan fingerprint density at radius 2 is 1.95 bits per heavy atom. The van der Waals surface area contributed by atoms with Crippen LogP contribution in [0.1, 0.15) is 11.3 Å². The molecule has 2 N–H and O–H groups in total. The summed E-state index contributed by atoms with van der Waals surface area (Å²) in [4.78, 5) is 15.8. The van der Waals surface area contributed by atoms with Crippen LogP contribution >= 0.6 is 0 Å². The van der Waals surface area contributed by atoms with Crippen LogP contribution in [0.5, 0.6) is 0 Å². The summed E-state index contributed by atoms with van der Waals surface area (Å²) in [6, 6.07) is 9.55. The molecule has 0 saturated heterocycles. The normalized spacial score (nSPS) is 10.3. The van der Waals surface area contributed by atoms with E-state index >= 15 is 0 Å². The average molecular weight is 273 g/mol. The number of carbonyl (C=O) groups is 1. The summed E-state index contributed by atoms with van der Waals surface area (Å²) in [5.41, 5.74) is 2.56. The first-order valence-corrected chi connectivity index (χ1v) is 6.31. The van der Waals surface area contributed by atoms with E-state index in [1.54, 1.807) is 6.20 Å². The Bertz CT molecular complexity index is 567. The van der Waals surface area contributed by atoms with Crippen molar-refractivity contribution in [2.45, 2.75) is 13.5 Å². The van der Waals surface area contributed by atoms with E-state index in [1.165, 1.54) is 24.3 Å². The van der Waals surface area contributed by atoms with Gasteiger partial charge in [0.2, 0.25) is 5.91 Å². The van der Waals surface area contributed by atoms with Gasteiger partial charge in [0.15, 0.2) is 0 Å². The minimum atomic E-state index is -0.326. The molecule has 0 saturated carbocycles. The fourth-order valence-corrected chi connectivity index (χ4v) is 1.66. The fraction of sp³-hybridized carbons (Fsp3) is 0.200. The van der Waals surface area contributed by atoms with Crippen molar-refractivity contribution >= 4 is 11.6 Å². The summed E-state index contributed by atoms with van der Waals surface area (Å²) in [6.07, 6.45) is 1.78. The van der Waals surface area contributed by atoms with E-state index in [0.717, 1.165) is 11.3 Å². The van der Waals surface area contributed by atoms with E-state index in [1.807, 2.05) is 19.1 Å². The summed E-state index contributed by atoms with van der Waals surface area (Å²) in [5, 5.41) is 5.71. The number of halogens is 1. The number of pyridine rings is 1. The molecule has 1 aromatic carbocycles. The van der Waals surface area contributed by atoms with Gasteiger partial charge in [-0.2, -0.15) is 0 Å². The van der Waals surface area contributed by atoms with Crippen molar-refractivity contribution in [1.29, 1.82) is 0 Å². The minimum absolute atomic E-state index is 0.170. The molecule has 0 bridgehead atoms. The number of nitrogens with zero attached hydrogens (tertiary/aromatic N) is 1. The zero-order chi connectivity index (χ0) is 14.4. The molecule has 1 aromatic heterocycles. The number of anilines is 1. The first-order chi connectivity index (χ1) is 9.63. The molecule has 0 aliphatic rings. The van der Waals surface area contributed by atoms with Gasteiger partial charge >= 0.3 is 0 Å². The molecule has 0 spiro atoms. The molecule has 2 aromatic rings. The summed E-state index contributed by atoms with van der Waals surface area (Å²) >= 11 is 0. The van der Waals surface area contributed by atoms with Crippen molar-refractivity contribution in [1.82, 2.24) is 10.3 Å². The maximum absolute atomic E-state index is 12.7. The molecule has 4 nitrogen and oxygen atoms in total. The Kier molecular flexibility index (Phi) is 4.79. The van der Waals surface area contributed by atoms with E-state index in [0.29, 0.717) is 12.2 Å². The van der Waals surface area contributed by atoms with Gasteiger partial charge in [-0.25, -0.2) is 4.39 Å². The Labute approximate surface area is 117 Å². The molecule has 1 heterocycles. The Morgan fingerprint density at radius 1 is 1.20 bits per heavy atom. The lowest BCUT2D eigenvalue weighted by Crippen LogP contribution is -2.27. The summed E-state index contributed by atoms with van der Waals surface area (Å²) < 4.78 is 12.7. The van der Waals surface area contributed by atoms with E-state index in [4.69, 9.17) is 0 Å². The Morgan fingerprint density at radius 3 is 2.60 bits per heavy atom. The quantitative estimate of drug-likeness (QED) is 0.878. The van der Waals surface area contributed by atoms with Crippen molar-refractivity contribution in [2.24, 2.45) is 0 Å². The van der Waals surface area contributed by atoms with Gasteiger partial charge < -0.3 is 10.6 Å². The molecule has 0 unspecified atom stereocenters. The summed E-state index contributed by atoms with van der Waals surface area (Å²) in [7, 11) is 0. The predicted molar refractivity (Wildman–Crippen MR) is 75.7 cm³/mol. The predicted octanol–water partition coefficient (Wildman–Crippen LogP) is 2.26. The third-order valence-corrected chi connectivity index (χ3v) is 2.72. The molecular formula is C15H16FN3O. The number of rotatable bonds is 5. The van der Waals surface area contributed by atoms with Gasteiger partial charge in [-0.05, 0) is 42.8 Å². The second-order valence-electron chi connectivity index (χ2n) is 4.47. The van der Waals surface area contributed by atoms with Gasteiger partial charge in [0.05, 0.1) is 6.54 Å². The highest BCUT2D eigenvalue weighted by Crippen LogP contribution is 2.07. The van der Waals surface area contributed by atoms with Crippen molar-refractivity contribution in [3.8, 4) is 0 Å². The van der Waals surface area contributed by atoms with Gasteiger partial charge in [0.25, 0.3) is 0 Å². The van der Waals surface area contributed by atoms with Gasteiger partial charge in [0.1, 0.15) is 5.82 Å². The van der Waals surface area contributed by atoms with Crippen molar-refractivity contribution in [2.75, 3.05) is 11.9 Å². The largest absolute Gasteiger partial charge is 0.325 e. The van der Waals surface area contributed by atoms with Gasteiger partial charge in [-0.3, -0.25) is 9.78 Å². The smallest absolute Gasteiger partial charge is 0.238 e. The number of hydrogen-bond acceptors (Lipinski definition) is 3. The Hall–Kier alpha value is -2.27. The minimum Gasteiger partial charge on any atom is -0.325 e. The van der Waals surface area contributed by atoms with Crippen LogP contribution in [0.4, 0.5) is 10.1 Å². The van der Waals surface area contributed by atoms with Crippen molar-refractivity contribution in [3.63, 3.8) is 0 Å². The third kappa shape index (κ3) is 4.44. The van der Waals surface area contributed by atoms with E-state index in [-0.39, 0.29) is 18.3 Å². The first-order valence-electron chi connectivity index (χ1n) is 6.31. The van der Waals surface area contributed by atoms with Gasteiger partial charge in [0, 0.05) is 24.1 Å². The third-order valence-electron chi connectivity index (χ3n) is 2.72. The van der Waals surface area contributed by atoms with Crippen LogP contribution in [-0.4, -0.2) is 17.4 Å². The van der Waals surface area contributed by atoms with Crippen LogP contribution in [0.15, 0.2) is 42.6 Å². The topological polar surface area (TPSA) is 54.0 Å². The van der Waals surface area contributed by atoms with E-state index < -0.39 is 0 Å². The number of carbonyl (C=O) groups excluding carboxylic acids is 1. The molecule has 0 aliphatic heterocycles. The molecule has 104 valence electrons. The molecule has 0 fully saturated rings. The van der Waals surface area contributed by atoms with Gasteiger partial charge in [-0.15, -0.1) is 0 Å². The SMILES string of the molecule is Cc1ccc(CNCC(=O)Nc2ccc(F)cc2)cn1. The highest BCUT2D eigenvalue weighted by atomic mass is 19.1. The second kappa shape index (κ2) is 6.77. The Balaban J connectivity index is 1.75. The molecule has 20 heavy (non-hydrogen) atoms. The molecule has 5 heteroatoms. The monoisotopic (exact) mass is 273 g/mol. The van der Waals surface area contributed by atoms with Crippen LogP contribution in [0.3, 0.4) is 0 Å².